The van der Waals surface area contributed by atoms with Gasteiger partial charge in [0.2, 0.25) is 0 Å². The van der Waals surface area contributed by atoms with E-state index in [-0.39, 0.29) is 0 Å². The van der Waals surface area contributed by atoms with E-state index in [1.807, 2.05) is 0 Å². The largest absolute Gasteiger partial charge is 0.372 e. The summed E-state index contributed by atoms with van der Waals surface area (Å²) >= 11 is 0. The van der Waals surface area contributed by atoms with Gasteiger partial charge in [-0.2, -0.15) is 0 Å². The highest BCUT2D eigenvalue weighted by Gasteiger charge is 2.00. The van der Waals surface area contributed by atoms with Crippen LogP contribution in [0.4, 0.5) is 5.69 Å². The molecule has 0 bridgehead atoms. The maximum atomic E-state index is 5.45. The van der Waals surface area contributed by atoms with Gasteiger partial charge in [0.25, 0.3) is 0 Å². The van der Waals surface area contributed by atoms with Crippen molar-refractivity contribution >= 4 is 5.69 Å². The molecule has 1 aromatic carbocycles. The third kappa shape index (κ3) is 4.75. The van der Waals surface area contributed by atoms with Crippen LogP contribution in [0.5, 0.6) is 0 Å². The number of nitrogens with one attached hydrogen (secondary N) is 1. The molecule has 1 rings (SSSR count). The van der Waals surface area contributed by atoms with Crippen LogP contribution < -0.4 is 16.0 Å². The van der Waals surface area contributed by atoms with Crippen molar-refractivity contribution < 1.29 is 0 Å². The second kappa shape index (κ2) is 8.09. The average molecular weight is 235 g/mol. The molecule has 17 heavy (non-hydrogen) atoms. The monoisotopic (exact) mass is 235 g/mol. The molecule has 0 spiro atoms. The zero-order valence-electron chi connectivity index (χ0n) is 11.1. The van der Waals surface area contributed by atoms with Crippen LogP contribution >= 0.6 is 0 Å². The second-order valence-electron chi connectivity index (χ2n) is 4.16. The number of hydrogen-bond acceptors (Lipinski definition) is 3. The van der Waals surface area contributed by atoms with E-state index in [1.165, 1.54) is 11.3 Å². The molecule has 3 nitrogen and oxygen atoms in total. The van der Waals surface area contributed by atoms with Crippen LogP contribution in [-0.2, 0) is 6.54 Å². The molecule has 0 aliphatic rings. The number of anilines is 1. The first-order chi connectivity index (χ1) is 8.31. The molecule has 0 amide bonds. The Kier molecular flexibility index (Phi) is 6.67. The van der Waals surface area contributed by atoms with Crippen molar-refractivity contribution in [1.29, 1.82) is 0 Å². The van der Waals surface area contributed by atoms with Crippen molar-refractivity contribution in [3.05, 3.63) is 29.8 Å². The number of benzene rings is 1. The first kappa shape index (κ1) is 14.0. The molecule has 0 atom stereocenters. The van der Waals surface area contributed by atoms with E-state index >= 15 is 0 Å². The minimum atomic E-state index is 0.758. The van der Waals surface area contributed by atoms with Gasteiger partial charge >= 0.3 is 0 Å². The van der Waals surface area contributed by atoms with Gasteiger partial charge in [0.1, 0.15) is 0 Å². The number of nitrogens with two attached hydrogens (primary N) is 1. The van der Waals surface area contributed by atoms with Crippen LogP contribution in [0, 0.1) is 0 Å². The van der Waals surface area contributed by atoms with E-state index in [9.17, 15) is 0 Å². The predicted octanol–water partition coefficient (Wildman–Crippen LogP) is 1.97. The fourth-order valence-electron chi connectivity index (χ4n) is 1.87. The van der Waals surface area contributed by atoms with Gasteiger partial charge in [-0.3, -0.25) is 0 Å². The Balaban J connectivity index is 2.44. The number of nitrogens with zero attached hydrogens (tertiary/aromatic N) is 1. The molecule has 3 heteroatoms. The first-order valence-electron chi connectivity index (χ1n) is 6.56. The highest BCUT2D eigenvalue weighted by Crippen LogP contribution is 2.14. The summed E-state index contributed by atoms with van der Waals surface area (Å²) in [6, 6.07) is 8.80. The molecule has 0 unspecified atom stereocenters. The van der Waals surface area contributed by atoms with Crippen LogP contribution in [0.3, 0.4) is 0 Å². The lowest BCUT2D eigenvalue weighted by Crippen LogP contribution is -2.22. The highest BCUT2D eigenvalue weighted by atomic mass is 15.1. The summed E-state index contributed by atoms with van der Waals surface area (Å²) in [5, 5.41) is 3.39. The molecule has 0 aliphatic carbocycles. The maximum Gasteiger partial charge on any atom is 0.0366 e. The van der Waals surface area contributed by atoms with E-state index < -0.39 is 0 Å². The molecule has 0 aromatic heterocycles. The molecular weight excluding hydrogens is 210 g/mol. The molecule has 0 fully saturated rings. The summed E-state index contributed by atoms with van der Waals surface area (Å²) < 4.78 is 0. The van der Waals surface area contributed by atoms with E-state index in [0.717, 1.165) is 39.1 Å². The first-order valence-corrected chi connectivity index (χ1v) is 6.56. The summed E-state index contributed by atoms with van der Waals surface area (Å²) in [6.45, 7) is 9.17. The Hall–Kier alpha value is -1.06. The number of rotatable bonds is 8. The minimum absolute atomic E-state index is 0.758. The Morgan fingerprint density at radius 1 is 1.12 bits per heavy atom. The molecule has 0 heterocycles. The molecule has 0 aliphatic heterocycles. The molecule has 3 N–H and O–H groups in total. The lowest BCUT2D eigenvalue weighted by Gasteiger charge is -2.21. The van der Waals surface area contributed by atoms with Crippen molar-refractivity contribution in [1.82, 2.24) is 5.32 Å². The van der Waals surface area contributed by atoms with Gasteiger partial charge in [-0.25, -0.2) is 0 Å². The Labute approximate surface area is 105 Å². The third-order valence-electron chi connectivity index (χ3n) is 2.95. The summed E-state index contributed by atoms with van der Waals surface area (Å²) in [6.07, 6.45) is 1.04. The van der Waals surface area contributed by atoms with Gasteiger partial charge in [-0.15, -0.1) is 0 Å². The zero-order chi connectivity index (χ0) is 12.5. The van der Waals surface area contributed by atoms with Crippen molar-refractivity contribution in [3.8, 4) is 0 Å². The lowest BCUT2D eigenvalue weighted by molar-refractivity contribution is 0.655. The van der Waals surface area contributed by atoms with E-state index in [0.29, 0.717) is 0 Å². The van der Waals surface area contributed by atoms with Crippen LogP contribution in [-0.4, -0.2) is 26.2 Å². The third-order valence-corrected chi connectivity index (χ3v) is 2.95. The SMILES string of the molecule is CCN(CC)c1ccc(CNCCCN)cc1. The number of hydrogen-bond donors (Lipinski definition) is 2. The van der Waals surface area contributed by atoms with Crippen LogP contribution in [0.25, 0.3) is 0 Å². The topological polar surface area (TPSA) is 41.3 Å². The van der Waals surface area contributed by atoms with Gasteiger partial charge in [0.15, 0.2) is 0 Å². The van der Waals surface area contributed by atoms with Crippen molar-refractivity contribution in [2.45, 2.75) is 26.8 Å². The predicted molar refractivity (Wildman–Crippen MR) is 75.4 cm³/mol. The second-order valence-corrected chi connectivity index (χ2v) is 4.16. The smallest absolute Gasteiger partial charge is 0.0366 e. The van der Waals surface area contributed by atoms with Gasteiger partial charge < -0.3 is 16.0 Å². The van der Waals surface area contributed by atoms with E-state index in [2.05, 4.69) is 48.3 Å². The van der Waals surface area contributed by atoms with Crippen molar-refractivity contribution in [3.63, 3.8) is 0 Å². The maximum absolute atomic E-state index is 5.45. The summed E-state index contributed by atoms with van der Waals surface area (Å²) in [7, 11) is 0. The highest BCUT2D eigenvalue weighted by molar-refractivity contribution is 5.47. The lowest BCUT2D eigenvalue weighted by atomic mass is 10.2. The van der Waals surface area contributed by atoms with Gasteiger partial charge in [0.05, 0.1) is 0 Å². The normalized spacial score (nSPS) is 10.5. The average Bonchev–Trinajstić information content (AvgIpc) is 2.38. The minimum Gasteiger partial charge on any atom is -0.372 e. The Morgan fingerprint density at radius 2 is 1.76 bits per heavy atom. The van der Waals surface area contributed by atoms with E-state index in [1.54, 1.807) is 0 Å². The molecule has 1 aromatic rings. The summed E-state index contributed by atoms with van der Waals surface area (Å²) in [5.74, 6) is 0. The van der Waals surface area contributed by atoms with Crippen LogP contribution in [0.1, 0.15) is 25.8 Å². The van der Waals surface area contributed by atoms with Crippen LogP contribution in [0.2, 0.25) is 0 Å². The van der Waals surface area contributed by atoms with Crippen molar-refractivity contribution in [2.24, 2.45) is 5.73 Å². The van der Waals surface area contributed by atoms with E-state index in [4.69, 9.17) is 5.73 Å². The molecule has 0 radical (unpaired) electrons. The fraction of sp³-hybridized carbons (Fsp3) is 0.571. The zero-order valence-corrected chi connectivity index (χ0v) is 11.1. The standard InChI is InChI=1S/C14H25N3/c1-3-17(4-2)14-8-6-13(7-9-14)12-16-11-5-10-15/h6-9,16H,3-5,10-12,15H2,1-2H3. The Morgan fingerprint density at radius 3 is 2.29 bits per heavy atom. The van der Waals surface area contributed by atoms with Crippen LogP contribution in [0.15, 0.2) is 24.3 Å². The molecule has 0 saturated heterocycles. The fourth-order valence-corrected chi connectivity index (χ4v) is 1.87. The van der Waals surface area contributed by atoms with Crippen molar-refractivity contribution in [2.75, 3.05) is 31.1 Å². The summed E-state index contributed by atoms with van der Waals surface area (Å²) in [4.78, 5) is 2.35. The summed E-state index contributed by atoms with van der Waals surface area (Å²) in [5.41, 5.74) is 8.08. The van der Waals surface area contributed by atoms with Gasteiger partial charge in [-0.1, -0.05) is 12.1 Å². The Bertz CT molecular complexity index is 291. The molecule has 0 saturated carbocycles. The quantitative estimate of drug-likeness (QED) is 0.677. The molecular formula is C14H25N3. The molecule has 96 valence electrons. The van der Waals surface area contributed by atoms with Gasteiger partial charge in [0, 0.05) is 25.3 Å². The van der Waals surface area contributed by atoms with Gasteiger partial charge in [-0.05, 0) is 51.1 Å².